The molecule has 0 saturated carbocycles. The van der Waals surface area contributed by atoms with Gasteiger partial charge < -0.3 is 10.1 Å². The van der Waals surface area contributed by atoms with Crippen LogP contribution in [-0.2, 0) is 9.53 Å². The summed E-state index contributed by atoms with van der Waals surface area (Å²) in [6.45, 7) is 5.12. The molecule has 1 aromatic heterocycles. The third kappa shape index (κ3) is 4.66. The van der Waals surface area contributed by atoms with Gasteiger partial charge in [0.15, 0.2) is 0 Å². The van der Waals surface area contributed by atoms with E-state index in [2.05, 4.69) is 35.0 Å². The van der Waals surface area contributed by atoms with Gasteiger partial charge in [-0.1, -0.05) is 13.0 Å². The number of aromatic nitrogens is 1. The molecule has 0 fully saturated rings. The summed E-state index contributed by atoms with van der Waals surface area (Å²) >= 11 is 1.59. The van der Waals surface area contributed by atoms with Crippen LogP contribution in [0.4, 0.5) is 0 Å². The van der Waals surface area contributed by atoms with Crippen LogP contribution in [0.1, 0.15) is 31.9 Å². The molecule has 0 aliphatic rings. The van der Waals surface area contributed by atoms with E-state index < -0.39 is 0 Å². The van der Waals surface area contributed by atoms with E-state index >= 15 is 0 Å². The SMILES string of the molecule is CCNC(C)c1cccnc1SCCC(=O)OC. The Hall–Kier alpha value is -1.07. The van der Waals surface area contributed by atoms with Crippen LogP contribution in [0.5, 0.6) is 0 Å². The number of thioether (sulfide) groups is 1. The second-order valence-corrected chi connectivity index (χ2v) is 4.94. The summed E-state index contributed by atoms with van der Waals surface area (Å²) in [5.74, 6) is 0.509. The summed E-state index contributed by atoms with van der Waals surface area (Å²) in [7, 11) is 1.41. The molecule has 1 aromatic rings. The van der Waals surface area contributed by atoms with Crippen molar-refractivity contribution in [3.63, 3.8) is 0 Å². The molecule has 0 aromatic carbocycles. The lowest BCUT2D eigenvalue weighted by Gasteiger charge is -2.15. The zero-order valence-corrected chi connectivity index (χ0v) is 11.9. The summed E-state index contributed by atoms with van der Waals surface area (Å²) < 4.78 is 4.62. The highest BCUT2D eigenvalue weighted by atomic mass is 32.2. The zero-order chi connectivity index (χ0) is 13.4. The van der Waals surface area contributed by atoms with Crippen LogP contribution in [0.2, 0.25) is 0 Å². The van der Waals surface area contributed by atoms with Crippen molar-refractivity contribution in [3.05, 3.63) is 23.9 Å². The fraction of sp³-hybridized carbons (Fsp3) is 0.538. The van der Waals surface area contributed by atoms with E-state index in [1.165, 1.54) is 12.7 Å². The quantitative estimate of drug-likeness (QED) is 0.608. The minimum atomic E-state index is -0.181. The van der Waals surface area contributed by atoms with Crippen LogP contribution >= 0.6 is 11.8 Å². The lowest BCUT2D eigenvalue weighted by atomic mass is 10.1. The monoisotopic (exact) mass is 268 g/mol. The lowest BCUT2D eigenvalue weighted by molar-refractivity contribution is -0.140. The third-order valence-corrected chi connectivity index (χ3v) is 3.57. The lowest BCUT2D eigenvalue weighted by Crippen LogP contribution is -2.18. The number of nitrogens with one attached hydrogen (secondary N) is 1. The average molecular weight is 268 g/mol. The van der Waals surface area contributed by atoms with E-state index in [1.54, 1.807) is 18.0 Å². The topological polar surface area (TPSA) is 51.2 Å². The molecule has 0 aliphatic heterocycles. The Labute approximate surface area is 113 Å². The van der Waals surface area contributed by atoms with Crippen LogP contribution in [0.15, 0.2) is 23.4 Å². The molecule has 4 nitrogen and oxygen atoms in total. The number of ether oxygens (including phenoxy) is 1. The van der Waals surface area contributed by atoms with Crippen molar-refractivity contribution in [2.24, 2.45) is 0 Å². The normalized spacial score (nSPS) is 12.2. The number of rotatable bonds is 7. The van der Waals surface area contributed by atoms with Crippen molar-refractivity contribution in [1.82, 2.24) is 10.3 Å². The Morgan fingerprint density at radius 3 is 3.06 bits per heavy atom. The summed E-state index contributed by atoms with van der Waals surface area (Å²) in [4.78, 5) is 15.4. The van der Waals surface area contributed by atoms with Gasteiger partial charge in [-0.05, 0) is 19.5 Å². The smallest absolute Gasteiger partial charge is 0.306 e. The Kier molecular flexibility index (Phi) is 6.75. The standard InChI is InChI=1S/C13H20N2O2S/c1-4-14-10(2)11-6-5-8-15-13(11)18-9-7-12(16)17-3/h5-6,8,10,14H,4,7,9H2,1-3H3. The maximum atomic E-state index is 11.1. The van der Waals surface area contributed by atoms with Gasteiger partial charge >= 0.3 is 5.97 Å². The van der Waals surface area contributed by atoms with E-state index in [1.807, 2.05) is 6.07 Å². The maximum Gasteiger partial charge on any atom is 0.306 e. The molecule has 0 radical (unpaired) electrons. The van der Waals surface area contributed by atoms with Crippen molar-refractivity contribution in [3.8, 4) is 0 Å². The third-order valence-electron chi connectivity index (χ3n) is 2.55. The van der Waals surface area contributed by atoms with E-state index in [9.17, 15) is 4.79 Å². The maximum absolute atomic E-state index is 11.1. The van der Waals surface area contributed by atoms with Gasteiger partial charge in [0.05, 0.1) is 13.5 Å². The van der Waals surface area contributed by atoms with E-state index in [-0.39, 0.29) is 12.0 Å². The fourth-order valence-electron chi connectivity index (χ4n) is 1.60. The molecule has 0 amide bonds. The number of methoxy groups -OCH3 is 1. The van der Waals surface area contributed by atoms with Gasteiger partial charge in [-0.3, -0.25) is 4.79 Å². The summed E-state index contributed by atoms with van der Waals surface area (Å²) in [6, 6.07) is 4.28. The van der Waals surface area contributed by atoms with Gasteiger partial charge in [-0.25, -0.2) is 4.98 Å². The first-order valence-electron chi connectivity index (χ1n) is 6.07. The van der Waals surface area contributed by atoms with Crippen molar-refractivity contribution < 1.29 is 9.53 Å². The van der Waals surface area contributed by atoms with Gasteiger partial charge in [0, 0.05) is 23.6 Å². The number of hydrogen-bond donors (Lipinski definition) is 1. The van der Waals surface area contributed by atoms with Crippen molar-refractivity contribution in [2.45, 2.75) is 31.3 Å². The largest absolute Gasteiger partial charge is 0.469 e. The van der Waals surface area contributed by atoms with Crippen molar-refractivity contribution in [1.29, 1.82) is 0 Å². The molecule has 5 heteroatoms. The molecule has 1 unspecified atom stereocenters. The predicted molar refractivity (Wildman–Crippen MR) is 73.7 cm³/mol. The van der Waals surface area contributed by atoms with Gasteiger partial charge in [0.1, 0.15) is 5.03 Å². The summed E-state index contributed by atoms with van der Waals surface area (Å²) in [5.41, 5.74) is 1.18. The molecule has 0 aliphatic carbocycles. The second-order valence-electron chi connectivity index (χ2n) is 3.85. The highest BCUT2D eigenvalue weighted by molar-refractivity contribution is 7.99. The molecule has 1 atom stereocenters. The van der Waals surface area contributed by atoms with E-state index in [0.29, 0.717) is 12.2 Å². The number of carbonyl (C=O) groups is 1. The Balaban J connectivity index is 2.61. The number of esters is 1. The Bertz CT molecular complexity index is 385. The highest BCUT2D eigenvalue weighted by Gasteiger charge is 2.11. The van der Waals surface area contributed by atoms with E-state index in [0.717, 1.165) is 11.6 Å². The molecule has 0 spiro atoms. The van der Waals surface area contributed by atoms with Gasteiger partial charge in [0.25, 0.3) is 0 Å². The molecule has 0 saturated heterocycles. The van der Waals surface area contributed by atoms with Crippen LogP contribution in [0, 0.1) is 0 Å². The summed E-state index contributed by atoms with van der Waals surface area (Å²) in [6.07, 6.45) is 2.19. The Morgan fingerprint density at radius 2 is 2.39 bits per heavy atom. The molecular weight excluding hydrogens is 248 g/mol. The number of pyridine rings is 1. The molecule has 1 N–H and O–H groups in total. The first-order chi connectivity index (χ1) is 8.69. The number of nitrogens with zero attached hydrogens (tertiary/aromatic N) is 1. The van der Waals surface area contributed by atoms with Gasteiger partial charge in [0.2, 0.25) is 0 Å². The van der Waals surface area contributed by atoms with Gasteiger partial charge in [-0.15, -0.1) is 11.8 Å². The minimum Gasteiger partial charge on any atom is -0.469 e. The first kappa shape index (κ1) is 15.0. The predicted octanol–water partition coefficient (Wildman–Crippen LogP) is 2.41. The second kappa shape index (κ2) is 8.11. The molecule has 18 heavy (non-hydrogen) atoms. The molecule has 100 valence electrons. The van der Waals surface area contributed by atoms with Crippen LogP contribution in [0.3, 0.4) is 0 Å². The molecule has 1 heterocycles. The molecular formula is C13H20N2O2S. The van der Waals surface area contributed by atoms with E-state index in [4.69, 9.17) is 0 Å². The number of carbonyl (C=O) groups excluding carboxylic acids is 1. The van der Waals surface area contributed by atoms with Crippen molar-refractivity contribution in [2.75, 3.05) is 19.4 Å². The average Bonchev–Trinajstić information content (AvgIpc) is 2.39. The van der Waals surface area contributed by atoms with Crippen LogP contribution < -0.4 is 5.32 Å². The first-order valence-corrected chi connectivity index (χ1v) is 7.05. The summed E-state index contributed by atoms with van der Waals surface area (Å²) in [5, 5.41) is 4.35. The van der Waals surface area contributed by atoms with Crippen LogP contribution in [0.25, 0.3) is 0 Å². The van der Waals surface area contributed by atoms with Crippen LogP contribution in [-0.4, -0.2) is 30.4 Å². The fourth-order valence-corrected chi connectivity index (χ4v) is 2.61. The van der Waals surface area contributed by atoms with Crippen molar-refractivity contribution >= 4 is 17.7 Å². The van der Waals surface area contributed by atoms with Gasteiger partial charge in [-0.2, -0.15) is 0 Å². The molecule has 1 rings (SSSR count). The molecule has 0 bridgehead atoms. The Morgan fingerprint density at radius 1 is 1.61 bits per heavy atom. The highest BCUT2D eigenvalue weighted by Crippen LogP contribution is 2.25. The minimum absolute atomic E-state index is 0.181. The number of hydrogen-bond acceptors (Lipinski definition) is 5. The zero-order valence-electron chi connectivity index (χ0n) is 11.1.